The fourth-order valence-electron chi connectivity index (χ4n) is 8.74. The Morgan fingerprint density at radius 3 is 1.56 bits per heavy atom. The molecule has 3 heteroatoms. The Bertz CT molecular complexity index is 3440. The van der Waals surface area contributed by atoms with Gasteiger partial charge < -0.3 is 0 Å². The van der Waals surface area contributed by atoms with Gasteiger partial charge in [-0.25, -0.2) is 15.0 Å². The molecule has 10 aromatic rings. The summed E-state index contributed by atoms with van der Waals surface area (Å²) in [6.07, 6.45) is 7.52. The number of allylic oxidation sites excluding steroid dienone is 4. The van der Waals surface area contributed by atoms with Crippen LogP contribution in [-0.4, -0.2) is 15.0 Å². The van der Waals surface area contributed by atoms with Crippen LogP contribution in [0.4, 0.5) is 0 Å². The summed E-state index contributed by atoms with van der Waals surface area (Å²) >= 11 is 0. The first-order chi connectivity index (χ1) is 30.1. The van der Waals surface area contributed by atoms with E-state index in [4.69, 9.17) is 15.0 Å². The normalized spacial score (nSPS) is 14.0. The summed E-state index contributed by atoms with van der Waals surface area (Å²) in [5.41, 5.74) is 11.2. The van der Waals surface area contributed by atoms with Crippen LogP contribution in [0.1, 0.15) is 24.2 Å². The molecule has 61 heavy (non-hydrogen) atoms. The zero-order valence-electron chi connectivity index (χ0n) is 33.7. The van der Waals surface area contributed by atoms with Crippen LogP contribution in [0.15, 0.2) is 194 Å². The average molecular weight is 778 g/mol. The van der Waals surface area contributed by atoms with Gasteiger partial charge in [-0.05, 0) is 113 Å². The van der Waals surface area contributed by atoms with Crippen molar-refractivity contribution >= 4 is 48.7 Å². The molecule has 0 N–H and O–H groups in total. The van der Waals surface area contributed by atoms with Crippen molar-refractivity contribution in [1.82, 2.24) is 15.0 Å². The van der Waals surface area contributed by atoms with E-state index in [1.165, 1.54) is 70.9 Å². The zero-order chi connectivity index (χ0) is 40.7. The predicted molar refractivity (Wildman–Crippen MR) is 256 cm³/mol. The fourth-order valence-corrected chi connectivity index (χ4v) is 8.74. The molecule has 0 spiro atoms. The third kappa shape index (κ3) is 6.95. The third-order valence-corrected chi connectivity index (χ3v) is 11.8. The van der Waals surface area contributed by atoms with E-state index < -0.39 is 0 Å². The Balaban J connectivity index is 0.927. The Morgan fingerprint density at radius 1 is 0.377 bits per heavy atom. The van der Waals surface area contributed by atoms with Crippen LogP contribution < -0.4 is 0 Å². The number of fused-ring (bicyclic) bond motifs is 7. The summed E-state index contributed by atoms with van der Waals surface area (Å²) < 4.78 is 0. The topological polar surface area (TPSA) is 38.7 Å². The number of hydrogen-bond donors (Lipinski definition) is 0. The van der Waals surface area contributed by atoms with Crippen LogP contribution in [0, 0.1) is 18.8 Å². The lowest BCUT2D eigenvalue weighted by molar-refractivity contribution is 1.03. The number of hydrogen-bond acceptors (Lipinski definition) is 3. The summed E-state index contributed by atoms with van der Waals surface area (Å²) in [6, 6.07) is 63.7. The molecule has 3 nitrogen and oxygen atoms in total. The Kier molecular flexibility index (Phi) is 9.10. The summed E-state index contributed by atoms with van der Waals surface area (Å²) in [5.74, 6) is 8.40. The molecular weight excluding hydrogens is 739 g/mol. The van der Waals surface area contributed by atoms with Crippen molar-refractivity contribution in [3.8, 4) is 68.0 Å². The van der Waals surface area contributed by atoms with Gasteiger partial charge in [0.05, 0.1) is 0 Å². The van der Waals surface area contributed by atoms with Crippen molar-refractivity contribution in [3.63, 3.8) is 0 Å². The minimum Gasteiger partial charge on any atom is -0.208 e. The largest absolute Gasteiger partial charge is 0.208 e. The zero-order valence-corrected chi connectivity index (χ0v) is 33.7. The van der Waals surface area contributed by atoms with E-state index in [9.17, 15) is 0 Å². The highest BCUT2D eigenvalue weighted by atomic mass is 15.0. The molecule has 0 fully saturated rings. The van der Waals surface area contributed by atoms with Crippen molar-refractivity contribution < 1.29 is 0 Å². The molecule has 9 aromatic carbocycles. The number of nitrogens with zero attached hydrogens (tertiary/aromatic N) is 3. The van der Waals surface area contributed by atoms with E-state index in [-0.39, 0.29) is 0 Å². The highest BCUT2D eigenvalue weighted by molar-refractivity contribution is 6.25. The highest BCUT2D eigenvalue weighted by Gasteiger charge is 2.15. The van der Waals surface area contributed by atoms with Crippen LogP contribution in [0.2, 0.25) is 0 Å². The van der Waals surface area contributed by atoms with Gasteiger partial charge in [0.1, 0.15) is 0 Å². The van der Waals surface area contributed by atoms with Crippen molar-refractivity contribution in [2.45, 2.75) is 19.8 Å². The second kappa shape index (κ2) is 15.3. The molecule has 0 unspecified atom stereocenters. The second-order valence-electron chi connectivity index (χ2n) is 15.8. The van der Waals surface area contributed by atoms with Crippen LogP contribution in [0.5, 0.6) is 0 Å². The molecule has 1 heterocycles. The van der Waals surface area contributed by atoms with E-state index >= 15 is 0 Å². The summed E-state index contributed by atoms with van der Waals surface area (Å²) in [7, 11) is 0. The molecule has 1 aliphatic carbocycles. The number of benzene rings is 9. The van der Waals surface area contributed by atoms with Gasteiger partial charge in [-0.1, -0.05) is 182 Å². The molecule has 0 amide bonds. The molecule has 0 radical (unpaired) electrons. The van der Waals surface area contributed by atoms with Crippen molar-refractivity contribution in [3.05, 3.63) is 206 Å². The minimum atomic E-state index is 0.593. The van der Waals surface area contributed by atoms with Crippen molar-refractivity contribution in [2.75, 3.05) is 0 Å². The van der Waals surface area contributed by atoms with Crippen molar-refractivity contribution in [1.29, 1.82) is 0 Å². The third-order valence-electron chi connectivity index (χ3n) is 11.8. The first-order valence-electron chi connectivity index (χ1n) is 20.8. The predicted octanol–water partition coefficient (Wildman–Crippen LogP) is 14.9. The number of aryl methyl sites for hydroxylation is 1. The van der Waals surface area contributed by atoms with Crippen LogP contribution in [0.3, 0.4) is 0 Å². The van der Waals surface area contributed by atoms with E-state index in [0.717, 1.165) is 34.2 Å². The molecule has 11 rings (SSSR count). The fraction of sp³-hybridized carbons (Fsp3) is 0.0517. The maximum Gasteiger partial charge on any atom is 0.164 e. The second-order valence-corrected chi connectivity index (χ2v) is 15.8. The van der Waals surface area contributed by atoms with Crippen molar-refractivity contribution in [2.24, 2.45) is 0 Å². The first-order valence-corrected chi connectivity index (χ1v) is 20.8. The molecule has 0 bridgehead atoms. The molecule has 0 saturated carbocycles. The van der Waals surface area contributed by atoms with Crippen LogP contribution in [-0.2, 0) is 0 Å². The number of aromatic nitrogens is 3. The van der Waals surface area contributed by atoms with Crippen LogP contribution in [0.25, 0.3) is 105 Å². The van der Waals surface area contributed by atoms with Gasteiger partial charge in [0.25, 0.3) is 0 Å². The molecule has 0 atom stereocenters. The quantitative estimate of drug-likeness (QED) is 0.125. The van der Waals surface area contributed by atoms with Gasteiger partial charge in [-0.2, -0.15) is 0 Å². The Labute approximate surface area is 355 Å². The molecule has 1 aliphatic rings. The monoisotopic (exact) mass is 777 g/mol. The summed E-state index contributed by atoms with van der Waals surface area (Å²) in [6.45, 7) is 2.20. The highest BCUT2D eigenvalue weighted by Crippen LogP contribution is 2.39. The summed E-state index contributed by atoms with van der Waals surface area (Å²) in [5, 5.41) is 10.1. The lowest BCUT2D eigenvalue weighted by Crippen LogP contribution is -2.03. The van der Waals surface area contributed by atoms with Crippen LogP contribution >= 0.6 is 0 Å². The van der Waals surface area contributed by atoms with Gasteiger partial charge in [-0.3, -0.25) is 0 Å². The van der Waals surface area contributed by atoms with Gasteiger partial charge in [0.15, 0.2) is 17.5 Å². The Hall–Kier alpha value is -7.93. The Morgan fingerprint density at radius 2 is 0.885 bits per heavy atom. The lowest BCUT2D eigenvalue weighted by Gasteiger charge is -2.13. The summed E-state index contributed by atoms with van der Waals surface area (Å²) in [4.78, 5) is 14.8. The standard InChI is InChI=1S/C58H39N3/c1-38-32-47(36-48(33-38)46-30-31-54-52-20-11-10-18-50(52)51-19-12-13-21-53(51)55(54)37-46)45-29-25-40-24-28-44(34-49(40)35-45)39-22-26-43(27-23-39)58-60-56(41-14-6-3-2-4-7-15-41)59-57(61-58)42-16-8-5-9-17-42/h3,5-6,8-14,16-37H,2,15H2,1H3/b6-3-,41-14+. The minimum absolute atomic E-state index is 0.593. The molecule has 0 saturated heterocycles. The maximum absolute atomic E-state index is 4.98. The van der Waals surface area contributed by atoms with Gasteiger partial charge >= 0.3 is 0 Å². The van der Waals surface area contributed by atoms with E-state index in [1.807, 2.05) is 36.4 Å². The lowest BCUT2D eigenvalue weighted by atomic mass is 9.90. The van der Waals surface area contributed by atoms with E-state index in [2.05, 4.69) is 177 Å². The van der Waals surface area contributed by atoms with E-state index in [0.29, 0.717) is 23.9 Å². The smallest absolute Gasteiger partial charge is 0.164 e. The maximum atomic E-state index is 4.98. The molecule has 1 aromatic heterocycles. The van der Waals surface area contributed by atoms with Gasteiger partial charge in [-0.15, -0.1) is 0 Å². The van der Waals surface area contributed by atoms with Gasteiger partial charge in [0, 0.05) is 29.5 Å². The molecular formula is C58H39N3. The first kappa shape index (κ1) is 36.2. The SMILES string of the molecule is Cc1cc(-c2ccc3ccc(-c4ccc(-c5nc(/C6=C/C=C\CC#CC6)nc(-c6ccccc6)n5)cc4)cc3c2)cc(-c2ccc3c4ccccc4c4ccccc4c3c2)c1. The molecule has 0 aliphatic heterocycles. The number of rotatable bonds is 6. The van der Waals surface area contributed by atoms with E-state index in [1.54, 1.807) is 0 Å². The average Bonchev–Trinajstić information content (AvgIpc) is 3.31. The molecule has 286 valence electrons. The van der Waals surface area contributed by atoms with Gasteiger partial charge in [0.2, 0.25) is 0 Å².